The Labute approximate surface area is 157 Å². The van der Waals surface area contributed by atoms with Crippen molar-refractivity contribution in [2.45, 2.75) is 34.6 Å². The van der Waals surface area contributed by atoms with Gasteiger partial charge in [0.1, 0.15) is 0 Å². The van der Waals surface area contributed by atoms with Crippen LogP contribution in [0.2, 0.25) is 0 Å². The molecule has 0 nitrogen and oxygen atoms in total. The van der Waals surface area contributed by atoms with E-state index in [9.17, 15) is 0 Å². The summed E-state index contributed by atoms with van der Waals surface area (Å²) in [5, 5.41) is 2.80. The molecule has 0 aliphatic carbocycles. The quantitative estimate of drug-likeness (QED) is 0.365. The predicted molar refractivity (Wildman–Crippen MR) is 100 cm³/mol. The van der Waals surface area contributed by atoms with Crippen LogP contribution in [0.4, 0.5) is 0 Å². The molecule has 0 aliphatic rings. The molecule has 23 heavy (non-hydrogen) atoms. The van der Waals surface area contributed by atoms with Gasteiger partial charge in [-0.15, -0.1) is 28.0 Å². The normalized spacial score (nSPS) is 10.4. The molecule has 0 spiro atoms. The van der Waals surface area contributed by atoms with Gasteiger partial charge in [0.2, 0.25) is 0 Å². The van der Waals surface area contributed by atoms with Gasteiger partial charge in [-0.25, -0.2) is 0 Å². The van der Waals surface area contributed by atoms with E-state index >= 15 is 0 Å². The van der Waals surface area contributed by atoms with E-state index in [1.165, 1.54) is 49.7 Å². The topological polar surface area (TPSA) is 0 Å². The van der Waals surface area contributed by atoms with Gasteiger partial charge in [-0.3, -0.25) is 0 Å². The molecule has 120 valence electrons. The van der Waals surface area contributed by atoms with Crippen molar-refractivity contribution in [1.29, 1.82) is 0 Å². The van der Waals surface area contributed by atoms with Crippen LogP contribution in [0.15, 0.2) is 36.4 Å². The minimum atomic E-state index is -0.826. The zero-order valence-electron chi connectivity index (χ0n) is 14.2. The van der Waals surface area contributed by atoms with Gasteiger partial charge in [-0.2, -0.15) is 6.07 Å². The number of hydrogen-bond acceptors (Lipinski definition) is 0. The van der Waals surface area contributed by atoms with Crippen LogP contribution in [0.3, 0.4) is 0 Å². The Kier molecular flexibility index (Phi) is 6.60. The molecular weight excluding hydrogens is 402 g/mol. The summed E-state index contributed by atoms with van der Waals surface area (Å²) in [7, 11) is 9.87. The second-order valence-electron chi connectivity index (χ2n) is 6.05. The van der Waals surface area contributed by atoms with E-state index in [0.29, 0.717) is 0 Å². The van der Waals surface area contributed by atoms with Gasteiger partial charge in [-0.05, 0) is 26.3 Å². The molecule has 3 aromatic carbocycles. The Morgan fingerprint density at radius 3 is 1.96 bits per heavy atom. The van der Waals surface area contributed by atoms with Crippen molar-refractivity contribution < 1.29 is 20.8 Å². The van der Waals surface area contributed by atoms with Gasteiger partial charge in [0, 0.05) is 0 Å². The molecule has 0 saturated heterocycles. The summed E-state index contributed by atoms with van der Waals surface area (Å²) in [6, 6.07) is 13.5. The van der Waals surface area contributed by atoms with E-state index < -0.39 is 20.8 Å². The van der Waals surface area contributed by atoms with Crippen molar-refractivity contribution in [3.05, 3.63) is 64.2 Å². The molecule has 0 atom stereocenters. The maximum atomic E-state index is 4.93. The number of fused-ring (bicyclic) bond motifs is 1. The monoisotopic (exact) mass is 421 g/mol. The molecule has 0 amide bonds. The Hall–Kier alpha value is -0.487. The molecule has 0 aliphatic heterocycles. The van der Waals surface area contributed by atoms with E-state index in [1.54, 1.807) is 0 Å². The number of halogens is 2. The number of hydrogen-bond donors (Lipinski definition) is 0. The second-order valence-corrected chi connectivity index (χ2v) is 9.78. The molecule has 0 bridgehead atoms. The SMILES string of the molecule is Cc1ccc(-c2c(C)c(C)c(C)c3[cH-]c(C)cc23)cc1.[Cl][Zr][Cl]. The summed E-state index contributed by atoms with van der Waals surface area (Å²) in [5.41, 5.74) is 9.62. The van der Waals surface area contributed by atoms with Crippen molar-refractivity contribution in [3.8, 4) is 11.1 Å². The fourth-order valence-corrected chi connectivity index (χ4v) is 3.13. The Morgan fingerprint density at radius 2 is 1.39 bits per heavy atom. The molecule has 0 radical (unpaired) electrons. The van der Waals surface area contributed by atoms with Crippen LogP contribution in [0, 0.1) is 34.6 Å². The molecular formula is C20H21Cl2Zr-. The fraction of sp³-hybridized carbons (Fsp3) is 0.250. The number of rotatable bonds is 1. The van der Waals surface area contributed by atoms with E-state index in [0.717, 1.165) is 0 Å². The zero-order valence-corrected chi connectivity index (χ0v) is 18.2. The summed E-state index contributed by atoms with van der Waals surface area (Å²) in [6.45, 7) is 11.1. The predicted octanol–water partition coefficient (Wildman–Crippen LogP) is 7.14. The molecule has 3 rings (SSSR count). The van der Waals surface area contributed by atoms with Gasteiger partial charge in [-0.1, -0.05) is 60.4 Å². The van der Waals surface area contributed by atoms with Crippen LogP contribution in [0.5, 0.6) is 0 Å². The molecule has 0 heterocycles. The third kappa shape index (κ3) is 3.95. The summed E-state index contributed by atoms with van der Waals surface area (Å²) in [6.07, 6.45) is 0. The fourth-order valence-electron chi connectivity index (χ4n) is 3.13. The van der Waals surface area contributed by atoms with Crippen LogP contribution in [0.1, 0.15) is 27.8 Å². The third-order valence-corrected chi connectivity index (χ3v) is 4.55. The molecule has 0 unspecified atom stereocenters. The summed E-state index contributed by atoms with van der Waals surface area (Å²) in [5.74, 6) is 0. The van der Waals surface area contributed by atoms with E-state index in [4.69, 9.17) is 17.0 Å². The Morgan fingerprint density at radius 1 is 0.826 bits per heavy atom. The van der Waals surface area contributed by atoms with Gasteiger partial charge < -0.3 is 0 Å². The Balaban J connectivity index is 0.000000595. The average Bonchev–Trinajstić information content (AvgIpc) is 2.89. The molecule has 3 aromatic rings. The van der Waals surface area contributed by atoms with Crippen LogP contribution in [0.25, 0.3) is 21.9 Å². The first-order chi connectivity index (χ1) is 10.9. The van der Waals surface area contributed by atoms with Crippen LogP contribution in [-0.4, -0.2) is 0 Å². The van der Waals surface area contributed by atoms with Crippen molar-refractivity contribution >= 4 is 27.8 Å². The van der Waals surface area contributed by atoms with Crippen molar-refractivity contribution in [2.24, 2.45) is 0 Å². The van der Waals surface area contributed by atoms with Crippen LogP contribution >= 0.6 is 17.0 Å². The molecule has 0 N–H and O–H groups in total. The zero-order chi connectivity index (χ0) is 17.1. The van der Waals surface area contributed by atoms with Crippen molar-refractivity contribution in [1.82, 2.24) is 0 Å². The average molecular weight is 424 g/mol. The summed E-state index contributed by atoms with van der Waals surface area (Å²) >= 11 is -0.826. The minimum absolute atomic E-state index is 0.826. The first-order valence-corrected chi connectivity index (χ1v) is 13.9. The third-order valence-electron chi connectivity index (χ3n) is 4.55. The van der Waals surface area contributed by atoms with Gasteiger partial charge >= 0.3 is 37.9 Å². The second kappa shape index (κ2) is 8.06. The maximum absolute atomic E-state index is 4.93. The summed E-state index contributed by atoms with van der Waals surface area (Å²) < 4.78 is 0. The first kappa shape index (κ1) is 18.8. The molecule has 0 fully saturated rings. The Bertz CT molecular complexity index is 814. The van der Waals surface area contributed by atoms with Crippen LogP contribution in [-0.2, 0) is 20.8 Å². The van der Waals surface area contributed by atoms with Crippen molar-refractivity contribution in [3.63, 3.8) is 0 Å². The number of aryl methyl sites for hydroxylation is 3. The summed E-state index contributed by atoms with van der Waals surface area (Å²) in [4.78, 5) is 0. The number of benzene rings is 2. The molecule has 0 saturated carbocycles. The standard InChI is InChI=1S/C20H21.2ClH.Zr/c1-12-6-8-17(9-7-12)20-16(5)14(3)15(4)18-10-13(2)11-19(18)20;;;/h6-11H,1-5H3;2*1H;/q-1;;;+2/p-2. The van der Waals surface area contributed by atoms with Crippen molar-refractivity contribution in [2.75, 3.05) is 0 Å². The molecule has 3 heteroatoms. The van der Waals surface area contributed by atoms with Crippen LogP contribution < -0.4 is 0 Å². The van der Waals surface area contributed by atoms with Gasteiger partial charge in [0.25, 0.3) is 0 Å². The van der Waals surface area contributed by atoms with Gasteiger partial charge in [0.05, 0.1) is 0 Å². The first-order valence-electron chi connectivity index (χ1n) is 7.60. The van der Waals surface area contributed by atoms with E-state index in [-0.39, 0.29) is 0 Å². The van der Waals surface area contributed by atoms with E-state index in [1.807, 2.05) is 0 Å². The van der Waals surface area contributed by atoms with E-state index in [2.05, 4.69) is 71.0 Å². The van der Waals surface area contributed by atoms with Gasteiger partial charge in [0.15, 0.2) is 0 Å². The molecule has 0 aromatic heterocycles.